The van der Waals surface area contributed by atoms with Crippen molar-refractivity contribution in [2.75, 3.05) is 5.32 Å². The van der Waals surface area contributed by atoms with Gasteiger partial charge in [0.1, 0.15) is 0 Å². The molecule has 8 heteroatoms. The molecule has 0 aliphatic rings. The Hall–Kier alpha value is -1.08. The van der Waals surface area contributed by atoms with Gasteiger partial charge in [0.25, 0.3) is 9.05 Å². The van der Waals surface area contributed by atoms with Crippen LogP contribution in [0.3, 0.4) is 0 Å². The van der Waals surface area contributed by atoms with Crippen LogP contribution in [0.25, 0.3) is 0 Å². The van der Waals surface area contributed by atoms with E-state index in [1.165, 1.54) is 13.8 Å². The first kappa shape index (κ1) is 11.0. The lowest BCUT2D eigenvalue weighted by Crippen LogP contribution is -2.07. The molecule has 0 spiro atoms. The summed E-state index contributed by atoms with van der Waals surface area (Å²) in [4.78, 5) is 16.8. The highest BCUT2D eigenvalue weighted by atomic mass is 35.7. The average molecular weight is 238 g/mol. The molecule has 0 aliphatic carbocycles. The SMILES string of the molecule is CC(=O)Nc1nc(S(=O)(=O)Cl)c(C)[nH]1. The molecular formula is C6H8ClN3O3S. The van der Waals surface area contributed by atoms with E-state index in [2.05, 4.69) is 15.3 Å². The molecule has 0 atom stereocenters. The largest absolute Gasteiger partial charge is 0.327 e. The zero-order valence-electron chi connectivity index (χ0n) is 7.46. The minimum Gasteiger partial charge on any atom is -0.327 e. The van der Waals surface area contributed by atoms with Gasteiger partial charge in [0.05, 0.1) is 5.69 Å². The van der Waals surface area contributed by atoms with E-state index in [0.717, 1.165) is 0 Å². The van der Waals surface area contributed by atoms with Crippen LogP contribution in [0, 0.1) is 6.92 Å². The highest BCUT2D eigenvalue weighted by Crippen LogP contribution is 2.18. The van der Waals surface area contributed by atoms with Gasteiger partial charge in [0.2, 0.25) is 11.9 Å². The van der Waals surface area contributed by atoms with Crippen molar-refractivity contribution in [3.63, 3.8) is 0 Å². The third-order valence-corrected chi connectivity index (χ3v) is 2.66. The zero-order valence-corrected chi connectivity index (χ0v) is 9.03. The van der Waals surface area contributed by atoms with Crippen LogP contribution >= 0.6 is 10.7 Å². The summed E-state index contributed by atoms with van der Waals surface area (Å²) in [5.41, 5.74) is 0.281. The van der Waals surface area contributed by atoms with Crippen molar-refractivity contribution in [2.45, 2.75) is 18.9 Å². The highest BCUT2D eigenvalue weighted by molar-refractivity contribution is 8.13. The Balaban J connectivity index is 3.12. The lowest BCUT2D eigenvalue weighted by atomic mass is 10.6. The second-order valence-corrected chi connectivity index (χ2v) is 5.12. The van der Waals surface area contributed by atoms with Gasteiger partial charge in [-0.15, -0.1) is 0 Å². The van der Waals surface area contributed by atoms with Gasteiger partial charge in [-0.1, -0.05) is 0 Å². The number of halogens is 1. The fourth-order valence-electron chi connectivity index (χ4n) is 0.908. The predicted octanol–water partition coefficient (Wildman–Crippen LogP) is 0.604. The molecule has 14 heavy (non-hydrogen) atoms. The molecule has 1 aromatic rings. The molecule has 0 unspecified atom stereocenters. The van der Waals surface area contributed by atoms with Crippen LogP contribution in [0.5, 0.6) is 0 Å². The minimum atomic E-state index is -3.87. The zero-order chi connectivity index (χ0) is 10.9. The molecule has 1 amide bonds. The quantitative estimate of drug-likeness (QED) is 0.737. The fraction of sp³-hybridized carbons (Fsp3) is 0.333. The van der Waals surface area contributed by atoms with E-state index in [9.17, 15) is 13.2 Å². The molecule has 1 aromatic heterocycles. The molecule has 0 saturated carbocycles. The van der Waals surface area contributed by atoms with E-state index >= 15 is 0 Å². The summed E-state index contributed by atoms with van der Waals surface area (Å²) >= 11 is 0. The van der Waals surface area contributed by atoms with Gasteiger partial charge < -0.3 is 4.98 Å². The summed E-state index contributed by atoms with van der Waals surface area (Å²) in [5, 5.41) is 2.03. The first-order valence-corrected chi connectivity index (χ1v) is 5.90. The van der Waals surface area contributed by atoms with E-state index in [-0.39, 0.29) is 22.6 Å². The van der Waals surface area contributed by atoms with Crippen LogP contribution in [-0.2, 0) is 13.8 Å². The fourth-order valence-corrected chi connectivity index (χ4v) is 1.98. The maximum absolute atomic E-state index is 10.9. The number of amides is 1. The Morgan fingerprint density at radius 2 is 2.14 bits per heavy atom. The van der Waals surface area contributed by atoms with Gasteiger partial charge in [-0.25, -0.2) is 8.42 Å². The number of hydrogen-bond acceptors (Lipinski definition) is 4. The van der Waals surface area contributed by atoms with E-state index in [1.807, 2.05) is 0 Å². The number of nitrogens with zero attached hydrogens (tertiary/aromatic N) is 1. The second-order valence-electron chi connectivity index (χ2n) is 2.63. The molecule has 78 valence electrons. The smallest absolute Gasteiger partial charge is 0.280 e. The maximum atomic E-state index is 10.9. The third-order valence-electron chi connectivity index (χ3n) is 1.37. The average Bonchev–Trinajstić information content (AvgIpc) is 2.27. The van der Waals surface area contributed by atoms with Crippen molar-refractivity contribution in [3.05, 3.63) is 5.69 Å². The van der Waals surface area contributed by atoms with Crippen molar-refractivity contribution in [2.24, 2.45) is 0 Å². The Bertz CT molecular complexity index is 465. The number of imidazole rings is 1. The topological polar surface area (TPSA) is 91.9 Å². The molecule has 0 aliphatic heterocycles. The third kappa shape index (κ3) is 2.46. The van der Waals surface area contributed by atoms with Crippen molar-refractivity contribution in [1.82, 2.24) is 9.97 Å². The minimum absolute atomic E-state index is 0.0641. The monoisotopic (exact) mass is 237 g/mol. The number of hydrogen-bond donors (Lipinski definition) is 2. The number of aromatic amines is 1. The van der Waals surface area contributed by atoms with Crippen molar-refractivity contribution >= 4 is 31.6 Å². The molecule has 0 bridgehead atoms. The van der Waals surface area contributed by atoms with Crippen molar-refractivity contribution in [1.29, 1.82) is 0 Å². The summed E-state index contributed by atoms with van der Waals surface area (Å²) in [6.45, 7) is 2.78. The molecule has 6 nitrogen and oxygen atoms in total. The second kappa shape index (κ2) is 3.58. The molecule has 0 fully saturated rings. The Morgan fingerprint density at radius 1 is 1.57 bits per heavy atom. The molecule has 0 aromatic carbocycles. The number of carbonyl (C=O) groups excluding carboxylic acids is 1. The van der Waals surface area contributed by atoms with Gasteiger partial charge >= 0.3 is 0 Å². The van der Waals surface area contributed by atoms with Crippen molar-refractivity contribution < 1.29 is 13.2 Å². The molecule has 1 heterocycles. The van der Waals surface area contributed by atoms with E-state index in [1.54, 1.807) is 0 Å². The van der Waals surface area contributed by atoms with Crippen LogP contribution in [0.4, 0.5) is 5.95 Å². The summed E-state index contributed by atoms with van der Waals surface area (Å²) in [5.74, 6) is -0.286. The van der Waals surface area contributed by atoms with Crippen molar-refractivity contribution in [3.8, 4) is 0 Å². The van der Waals surface area contributed by atoms with Crippen LogP contribution < -0.4 is 5.32 Å². The molecular weight excluding hydrogens is 230 g/mol. The summed E-state index contributed by atoms with van der Waals surface area (Å²) in [6, 6.07) is 0. The number of aryl methyl sites for hydroxylation is 1. The highest BCUT2D eigenvalue weighted by Gasteiger charge is 2.18. The van der Waals surface area contributed by atoms with Gasteiger partial charge in [-0.3, -0.25) is 10.1 Å². The van der Waals surface area contributed by atoms with Crippen LogP contribution in [0.2, 0.25) is 0 Å². The predicted molar refractivity (Wildman–Crippen MR) is 50.7 cm³/mol. The number of rotatable bonds is 2. The first-order valence-electron chi connectivity index (χ1n) is 3.59. The summed E-state index contributed by atoms with van der Waals surface area (Å²) < 4.78 is 21.8. The number of anilines is 1. The number of carbonyl (C=O) groups is 1. The lowest BCUT2D eigenvalue weighted by molar-refractivity contribution is -0.114. The van der Waals surface area contributed by atoms with Crippen LogP contribution in [-0.4, -0.2) is 24.3 Å². The standard InChI is InChI=1S/C6H8ClN3O3S/c1-3-5(14(7,12)13)10-6(8-3)9-4(2)11/h1-2H3,(H2,8,9,10,11). The van der Waals surface area contributed by atoms with Gasteiger partial charge in [0.15, 0.2) is 5.03 Å². The number of H-pyrrole nitrogens is 1. The number of nitrogens with one attached hydrogen (secondary N) is 2. The van der Waals surface area contributed by atoms with Crippen LogP contribution in [0.15, 0.2) is 5.03 Å². The molecule has 0 radical (unpaired) electrons. The lowest BCUT2D eigenvalue weighted by Gasteiger charge is -1.92. The van der Waals surface area contributed by atoms with Gasteiger partial charge in [0, 0.05) is 17.6 Å². The van der Waals surface area contributed by atoms with E-state index in [4.69, 9.17) is 10.7 Å². The van der Waals surface area contributed by atoms with E-state index < -0.39 is 9.05 Å². The maximum Gasteiger partial charge on any atom is 0.280 e. The van der Waals surface area contributed by atoms with E-state index in [0.29, 0.717) is 0 Å². The number of aromatic nitrogens is 2. The first-order chi connectivity index (χ1) is 6.30. The summed E-state index contributed by atoms with van der Waals surface area (Å²) in [7, 11) is 1.22. The normalized spacial score (nSPS) is 11.4. The Kier molecular flexibility index (Phi) is 2.81. The van der Waals surface area contributed by atoms with Gasteiger partial charge in [-0.2, -0.15) is 4.98 Å². The van der Waals surface area contributed by atoms with Gasteiger partial charge in [-0.05, 0) is 6.92 Å². The molecule has 2 N–H and O–H groups in total. The Morgan fingerprint density at radius 3 is 2.50 bits per heavy atom. The molecule has 1 rings (SSSR count). The summed E-state index contributed by atoms with van der Waals surface area (Å²) in [6.07, 6.45) is 0. The Labute approximate surface area is 85.1 Å². The molecule has 0 saturated heterocycles. The van der Waals surface area contributed by atoms with Crippen LogP contribution in [0.1, 0.15) is 12.6 Å².